The van der Waals surface area contributed by atoms with Crippen molar-refractivity contribution >= 4 is 55.3 Å². The Balaban J connectivity index is 1.56. The summed E-state index contributed by atoms with van der Waals surface area (Å²) in [6.45, 7) is 2.95. The predicted molar refractivity (Wildman–Crippen MR) is 122 cm³/mol. The number of thiazole rings is 1. The Labute approximate surface area is 188 Å². The molecule has 6 nitrogen and oxygen atoms in total. The molecule has 0 aliphatic carbocycles. The van der Waals surface area contributed by atoms with Crippen LogP contribution in [0.1, 0.15) is 30.1 Å². The highest BCUT2D eigenvalue weighted by Crippen LogP contribution is 2.31. The van der Waals surface area contributed by atoms with E-state index in [1.807, 2.05) is 29.8 Å². The summed E-state index contributed by atoms with van der Waals surface area (Å²) in [7, 11) is -3.77. The van der Waals surface area contributed by atoms with Gasteiger partial charge in [0, 0.05) is 24.0 Å². The molecule has 0 saturated carbocycles. The van der Waals surface area contributed by atoms with Crippen molar-refractivity contribution in [3.8, 4) is 10.6 Å². The van der Waals surface area contributed by atoms with Gasteiger partial charge in [-0.05, 0) is 48.4 Å². The number of sulfonamides is 1. The highest BCUT2D eigenvalue weighted by molar-refractivity contribution is 7.89. The Morgan fingerprint density at radius 1 is 1.30 bits per heavy atom. The van der Waals surface area contributed by atoms with Crippen molar-refractivity contribution in [2.24, 2.45) is 5.92 Å². The normalized spacial score (nSPS) is 17.7. The first-order valence-corrected chi connectivity index (χ1v) is 13.0. The van der Waals surface area contributed by atoms with Crippen molar-refractivity contribution in [1.29, 1.82) is 0 Å². The van der Waals surface area contributed by atoms with Gasteiger partial charge in [0.25, 0.3) is 5.91 Å². The van der Waals surface area contributed by atoms with Crippen LogP contribution >= 0.6 is 34.3 Å². The average molecular weight is 482 g/mol. The minimum absolute atomic E-state index is 0.0377. The fourth-order valence-electron chi connectivity index (χ4n) is 3.38. The van der Waals surface area contributed by atoms with Crippen molar-refractivity contribution in [2.45, 2.75) is 24.7 Å². The zero-order valence-electron chi connectivity index (χ0n) is 16.2. The molecular formula is C20H20ClN3O3S3. The second kappa shape index (κ2) is 8.76. The quantitative estimate of drug-likeness (QED) is 0.543. The molecule has 4 rings (SSSR count). The minimum Gasteiger partial charge on any atom is -0.298 e. The van der Waals surface area contributed by atoms with E-state index in [9.17, 15) is 13.2 Å². The molecule has 30 heavy (non-hydrogen) atoms. The molecule has 1 aliphatic rings. The highest BCUT2D eigenvalue weighted by Gasteiger charge is 2.31. The third kappa shape index (κ3) is 4.45. The van der Waals surface area contributed by atoms with E-state index < -0.39 is 15.9 Å². The SMILES string of the molecule is CC1CCCN(S(=O)(=O)c2cc(C(=O)Nc3nc(-c4cccs4)cs3)ccc2Cl)C1. The third-order valence-electron chi connectivity index (χ3n) is 4.93. The van der Waals surface area contributed by atoms with Crippen LogP contribution in [0.5, 0.6) is 0 Å². The lowest BCUT2D eigenvalue weighted by atomic mass is 10.0. The Morgan fingerprint density at radius 2 is 2.13 bits per heavy atom. The summed E-state index contributed by atoms with van der Waals surface area (Å²) in [6.07, 6.45) is 1.82. The second-order valence-electron chi connectivity index (χ2n) is 7.22. The van der Waals surface area contributed by atoms with Gasteiger partial charge in [-0.2, -0.15) is 4.31 Å². The Bertz CT molecular complexity index is 1160. The fraction of sp³-hybridized carbons (Fsp3) is 0.300. The fourth-order valence-corrected chi connectivity index (χ4v) is 6.95. The number of carbonyl (C=O) groups excluding carboxylic acids is 1. The molecule has 3 heterocycles. The number of anilines is 1. The molecule has 3 aromatic rings. The first kappa shape index (κ1) is 21.5. The van der Waals surface area contributed by atoms with Crippen LogP contribution in [0.3, 0.4) is 0 Å². The second-order valence-corrected chi connectivity index (χ2v) is 11.3. The topological polar surface area (TPSA) is 79.4 Å². The van der Waals surface area contributed by atoms with Gasteiger partial charge in [-0.15, -0.1) is 22.7 Å². The van der Waals surface area contributed by atoms with Gasteiger partial charge >= 0.3 is 0 Å². The number of aromatic nitrogens is 1. The molecule has 1 atom stereocenters. The number of carbonyl (C=O) groups is 1. The van der Waals surface area contributed by atoms with Crippen molar-refractivity contribution in [2.75, 3.05) is 18.4 Å². The molecule has 1 fully saturated rings. The van der Waals surface area contributed by atoms with Gasteiger partial charge in [0.05, 0.1) is 15.6 Å². The molecule has 1 aliphatic heterocycles. The van der Waals surface area contributed by atoms with E-state index in [2.05, 4.69) is 10.3 Å². The standard InChI is InChI=1S/C20H20ClN3O3S3/c1-13-4-2-8-24(11-13)30(26,27)18-10-14(6-7-15(18)21)19(25)23-20-22-16(12-29-20)17-5-3-9-28-17/h3,5-7,9-10,12-13H,2,4,8,11H2,1H3,(H,22,23,25). The van der Waals surface area contributed by atoms with E-state index in [1.54, 1.807) is 11.3 Å². The number of nitrogens with one attached hydrogen (secondary N) is 1. The molecule has 0 spiro atoms. The van der Waals surface area contributed by atoms with Crippen LogP contribution in [0.15, 0.2) is 46.0 Å². The molecule has 1 N–H and O–H groups in total. The third-order valence-corrected chi connectivity index (χ3v) is 8.93. The number of rotatable bonds is 5. The number of hydrogen-bond acceptors (Lipinski definition) is 6. The maximum absolute atomic E-state index is 13.1. The summed E-state index contributed by atoms with van der Waals surface area (Å²) in [5, 5.41) is 7.14. The van der Waals surface area contributed by atoms with E-state index in [-0.39, 0.29) is 15.5 Å². The first-order chi connectivity index (χ1) is 14.3. The summed E-state index contributed by atoms with van der Waals surface area (Å²) in [4.78, 5) is 18.1. The zero-order valence-corrected chi connectivity index (χ0v) is 19.4. The Hall–Kier alpha value is -1.78. The number of thiophene rings is 1. The molecule has 1 unspecified atom stereocenters. The first-order valence-electron chi connectivity index (χ1n) is 9.45. The summed E-state index contributed by atoms with van der Waals surface area (Å²) in [6, 6.07) is 8.22. The van der Waals surface area contributed by atoms with Crippen molar-refractivity contribution < 1.29 is 13.2 Å². The molecule has 1 aromatic carbocycles. The number of halogens is 1. The predicted octanol–water partition coefficient (Wildman–Crippen LogP) is 5.20. The van der Waals surface area contributed by atoms with Gasteiger partial charge in [0.2, 0.25) is 10.0 Å². The number of nitrogens with zero attached hydrogens (tertiary/aromatic N) is 2. The monoisotopic (exact) mass is 481 g/mol. The summed E-state index contributed by atoms with van der Waals surface area (Å²) >= 11 is 9.10. The smallest absolute Gasteiger partial charge is 0.257 e. The van der Waals surface area contributed by atoms with Crippen LogP contribution in [0.25, 0.3) is 10.6 Å². The Kier molecular flexibility index (Phi) is 6.26. The van der Waals surface area contributed by atoms with Gasteiger partial charge in [0.1, 0.15) is 4.90 Å². The lowest BCUT2D eigenvalue weighted by molar-refractivity contribution is 0.102. The molecule has 0 bridgehead atoms. The summed E-state index contributed by atoms with van der Waals surface area (Å²) in [5.41, 5.74) is 1.01. The number of benzene rings is 1. The average Bonchev–Trinajstić information content (AvgIpc) is 3.40. The van der Waals surface area contributed by atoms with Crippen molar-refractivity contribution in [3.05, 3.63) is 51.7 Å². The lowest BCUT2D eigenvalue weighted by Crippen LogP contribution is -2.39. The van der Waals surface area contributed by atoms with Gasteiger partial charge < -0.3 is 0 Å². The highest BCUT2D eigenvalue weighted by atomic mass is 35.5. The largest absolute Gasteiger partial charge is 0.298 e. The number of hydrogen-bond donors (Lipinski definition) is 1. The summed E-state index contributed by atoms with van der Waals surface area (Å²) in [5.74, 6) is -0.136. The molecule has 2 aromatic heterocycles. The maximum Gasteiger partial charge on any atom is 0.257 e. The lowest BCUT2D eigenvalue weighted by Gasteiger charge is -2.30. The molecule has 1 saturated heterocycles. The molecule has 10 heteroatoms. The van der Waals surface area contributed by atoms with E-state index in [0.29, 0.717) is 24.1 Å². The van der Waals surface area contributed by atoms with Crippen LogP contribution in [0.2, 0.25) is 5.02 Å². The van der Waals surface area contributed by atoms with Gasteiger partial charge in [0.15, 0.2) is 5.13 Å². The van der Waals surface area contributed by atoms with Crippen LogP contribution < -0.4 is 5.32 Å². The van der Waals surface area contributed by atoms with Crippen molar-refractivity contribution in [3.63, 3.8) is 0 Å². The van der Waals surface area contributed by atoms with Gasteiger partial charge in [-0.1, -0.05) is 24.6 Å². The van der Waals surface area contributed by atoms with Crippen molar-refractivity contribution in [1.82, 2.24) is 9.29 Å². The zero-order chi connectivity index (χ0) is 21.3. The number of amides is 1. The van der Waals surface area contributed by atoms with E-state index in [0.717, 1.165) is 23.4 Å². The van der Waals surface area contributed by atoms with Crippen LogP contribution in [-0.4, -0.2) is 36.7 Å². The molecule has 1 amide bonds. The van der Waals surface area contributed by atoms with Crippen LogP contribution in [0, 0.1) is 5.92 Å². The van der Waals surface area contributed by atoms with E-state index in [4.69, 9.17) is 11.6 Å². The van der Waals surface area contributed by atoms with E-state index >= 15 is 0 Å². The maximum atomic E-state index is 13.1. The molecule has 0 radical (unpaired) electrons. The minimum atomic E-state index is -3.77. The number of piperidine rings is 1. The van der Waals surface area contributed by atoms with Crippen LogP contribution in [-0.2, 0) is 10.0 Å². The Morgan fingerprint density at radius 3 is 2.87 bits per heavy atom. The van der Waals surface area contributed by atoms with E-state index in [1.165, 1.54) is 33.8 Å². The molecular weight excluding hydrogens is 462 g/mol. The molecule has 158 valence electrons. The van der Waals surface area contributed by atoms with Gasteiger partial charge in [-0.3, -0.25) is 10.1 Å². The summed E-state index contributed by atoms with van der Waals surface area (Å²) < 4.78 is 27.7. The van der Waals surface area contributed by atoms with Gasteiger partial charge in [-0.25, -0.2) is 13.4 Å². The van der Waals surface area contributed by atoms with Crippen LogP contribution in [0.4, 0.5) is 5.13 Å².